The van der Waals surface area contributed by atoms with Crippen LogP contribution in [0.1, 0.15) is 12.8 Å². The lowest BCUT2D eigenvalue weighted by Crippen LogP contribution is -2.46. The average molecular weight is 243 g/mol. The third kappa shape index (κ3) is 2.43. The van der Waals surface area contributed by atoms with Crippen LogP contribution in [0.5, 0.6) is 0 Å². The first-order valence-corrected chi connectivity index (χ1v) is 5.43. The average Bonchev–Trinajstić information content (AvgIpc) is 2.29. The lowest BCUT2D eigenvalue weighted by atomic mass is 9.96. The van der Waals surface area contributed by atoms with Gasteiger partial charge in [-0.05, 0) is 25.0 Å². The summed E-state index contributed by atoms with van der Waals surface area (Å²) in [4.78, 5) is 13.0. The van der Waals surface area contributed by atoms with Crippen LogP contribution in [-0.2, 0) is 4.79 Å². The number of rotatable bonds is 1. The fraction of sp³-hybridized carbons (Fsp3) is 0.417. The van der Waals surface area contributed by atoms with Gasteiger partial charge in [-0.25, -0.2) is 0 Å². The topological polar surface area (TPSA) is 20.3 Å². The number of para-hydroxylation sites is 1. The molecule has 1 aromatic rings. The zero-order valence-electron chi connectivity index (χ0n) is 9.07. The van der Waals surface area contributed by atoms with Gasteiger partial charge in [-0.1, -0.05) is 18.2 Å². The van der Waals surface area contributed by atoms with E-state index in [2.05, 4.69) is 0 Å². The van der Waals surface area contributed by atoms with Crippen molar-refractivity contribution in [3.63, 3.8) is 0 Å². The Bertz CT molecular complexity index is 402. The van der Waals surface area contributed by atoms with Gasteiger partial charge in [0.15, 0.2) is 0 Å². The lowest BCUT2D eigenvalue weighted by Gasteiger charge is -2.33. The Morgan fingerprint density at radius 2 is 1.82 bits per heavy atom. The molecule has 1 saturated heterocycles. The maximum absolute atomic E-state index is 12.6. The normalized spacial score (nSPS) is 21.7. The van der Waals surface area contributed by atoms with Crippen LogP contribution in [0.15, 0.2) is 30.3 Å². The van der Waals surface area contributed by atoms with Crippen molar-refractivity contribution in [3.8, 4) is 0 Å². The fourth-order valence-electron chi connectivity index (χ4n) is 2.04. The molecule has 1 aliphatic heterocycles. The SMILES string of the molecule is O=C1C(C(F)(F)F)CCCN1c1ccccc1. The summed E-state index contributed by atoms with van der Waals surface area (Å²) in [5.41, 5.74) is 0.534. The molecule has 0 bridgehead atoms. The number of carbonyl (C=O) groups is 1. The summed E-state index contributed by atoms with van der Waals surface area (Å²) >= 11 is 0. The molecule has 1 amide bonds. The molecule has 0 saturated carbocycles. The van der Waals surface area contributed by atoms with E-state index in [1.807, 2.05) is 0 Å². The number of benzene rings is 1. The predicted molar refractivity (Wildman–Crippen MR) is 57.6 cm³/mol. The molecule has 92 valence electrons. The lowest BCUT2D eigenvalue weighted by molar-refractivity contribution is -0.184. The van der Waals surface area contributed by atoms with E-state index in [1.54, 1.807) is 30.3 Å². The first-order valence-electron chi connectivity index (χ1n) is 5.43. The minimum absolute atomic E-state index is 0.105. The number of hydrogen-bond donors (Lipinski definition) is 0. The molecule has 1 unspecified atom stereocenters. The third-order valence-electron chi connectivity index (χ3n) is 2.90. The van der Waals surface area contributed by atoms with Crippen molar-refractivity contribution in [1.29, 1.82) is 0 Å². The molecular formula is C12H12F3NO. The van der Waals surface area contributed by atoms with Gasteiger partial charge in [0.25, 0.3) is 0 Å². The van der Waals surface area contributed by atoms with Crippen molar-refractivity contribution in [3.05, 3.63) is 30.3 Å². The molecule has 1 heterocycles. The van der Waals surface area contributed by atoms with Crippen LogP contribution in [0.2, 0.25) is 0 Å². The van der Waals surface area contributed by atoms with Crippen LogP contribution in [0.25, 0.3) is 0 Å². The molecule has 0 radical (unpaired) electrons. The number of alkyl halides is 3. The Balaban J connectivity index is 2.23. The quantitative estimate of drug-likeness (QED) is 0.742. The first-order chi connectivity index (χ1) is 8.00. The van der Waals surface area contributed by atoms with E-state index in [4.69, 9.17) is 0 Å². The smallest absolute Gasteiger partial charge is 0.312 e. The minimum Gasteiger partial charge on any atom is -0.312 e. The van der Waals surface area contributed by atoms with Crippen LogP contribution in [0.4, 0.5) is 18.9 Å². The molecule has 0 aromatic heterocycles. The Labute approximate surface area is 97.0 Å². The number of piperidine rings is 1. The van der Waals surface area contributed by atoms with Crippen molar-refractivity contribution in [1.82, 2.24) is 0 Å². The van der Waals surface area contributed by atoms with Crippen molar-refractivity contribution < 1.29 is 18.0 Å². The number of anilines is 1. The van der Waals surface area contributed by atoms with E-state index in [1.165, 1.54) is 4.90 Å². The van der Waals surface area contributed by atoms with Crippen LogP contribution in [0, 0.1) is 5.92 Å². The van der Waals surface area contributed by atoms with E-state index in [-0.39, 0.29) is 6.42 Å². The fourth-order valence-corrected chi connectivity index (χ4v) is 2.04. The molecule has 0 N–H and O–H groups in total. The molecule has 5 heteroatoms. The van der Waals surface area contributed by atoms with Gasteiger partial charge in [-0.3, -0.25) is 4.79 Å². The molecule has 0 spiro atoms. The van der Waals surface area contributed by atoms with Gasteiger partial charge in [-0.15, -0.1) is 0 Å². The zero-order valence-corrected chi connectivity index (χ0v) is 9.07. The van der Waals surface area contributed by atoms with E-state index in [0.717, 1.165) is 0 Å². The van der Waals surface area contributed by atoms with Gasteiger partial charge < -0.3 is 4.90 Å². The van der Waals surface area contributed by atoms with E-state index >= 15 is 0 Å². The molecular weight excluding hydrogens is 231 g/mol. The molecule has 1 fully saturated rings. The van der Waals surface area contributed by atoms with E-state index in [9.17, 15) is 18.0 Å². The summed E-state index contributed by atoms with van der Waals surface area (Å²) in [5.74, 6) is -2.69. The zero-order chi connectivity index (χ0) is 12.5. The summed E-state index contributed by atoms with van der Waals surface area (Å²) in [7, 11) is 0. The highest BCUT2D eigenvalue weighted by Gasteiger charge is 2.48. The van der Waals surface area contributed by atoms with Gasteiger partial charge in [-0.2, -0.15) is 13.2 Å². The van der Waals surface area contributed by atoms with E-state index in [0.29, 0.717) is 18.7 Å². The molecule has 17 heavy (non-hydrogen) atoms. The monoisotopic (exact) mass is 243 g/mol. The maximum Gasteiger partial charge on any atom is 0.400 e. The second kappa shape index (κ2) is 4.39. The summed E-state index contributed by atoms with van der Waals surface area (Å²) in [6.45, 7) is 0.357. The van der Waals surface area contributed by atoms with Crippen LogP contribution in [-0.4, -0.2) is 18.6 Å². The number of hydrogen-bond acceptors (Lipinski definition) is 1. The molecule has 1 aliphatic rings. The largest absolute Gasteiger partial charge is 0.400 e. The Morgan fingerprint density at radius 1 is 1.18 bits per heavy atom. The maximum atomic E-state index is 12.6. The first kappa shape index (κ1) is 12.0. The molecule has 1 aromatic carbocycles. The summed E-state index contributed by atoms with van der Waals surface area (Å²) in [6.07, 6.45) is -4.17. The van der Waals surface area contributed by atoms with E-state index < -0.39 is 18.0 Å². The van der Waals surface area contributed by atoms with Gasteiger partial charge >= 0.3 is 6.18 Å². The molecule has 1 atom stereocenters. The predicted octanol–water partition coefficient (Wildman–Crippen LogP) is 2.99. The van der Waals surface area contributed by atoms with Crippen molar-refractivity contribution in [2.24, 2.45) is 5.92 Å². The Hall–Kier alpha value is -1.52. The number of nitrogens with zero attached hydrogens (tertiary/aromatic N) is 1. The standard InChI is InChI=1S/C12H12F3NO/c13-12(14,15)10-7-4-8-16(11(10)17)9-5-2-1-3-6-9/h1-3,5-6,10H,4,7-8H2. The number of halogens is 3. The third-order valence-corrected chi connectivity index (χ3v) is 2.90. The highest BCUT2D eigenvalue weighted by atomic mass is 19.4. The Morgan fingerprint density at radius 3 is 2.41 bits per heavy atom. The van der Waals surface area contributed by atoms with Crippen molar-refractivity contribution >= 4 is 11.6 Å². The van der Waals surface area contributed by atoms with Crippen LogP contribution >= 0.6 is 0 Å². The summed E-state index contributed by atoms with van der Waals surface area (Å²) in [5, 5.41) is 0. The van der Waals surface area contributed by atoms with Crippen LogP contribution < -0.4 is 4.90 Å². The van der Waals surface area contributed by atoms with Gasteiger partial charge in [0, 0.05) is 12.2 Å². The molecule has 0 aliphatic carbocycles. The second-order valence-corrected chi connectivity index (χ2v) is 4.06. The van der Waals surface area contributed by atoms with Gasteiger partial charge in [0.2, 0.25) is 5.91 Å². The highest BCUT2D eigenvalue weighted by Crippen LogP contribution is 2.35. The minimum atomic E-state index is -4.44. The number of carbonyl (C=O) groups excluding carboxylic acids is 1. The second-order valence-electron chi connectivity index (χ2n) is 4.06. The Kier molecular flexibility index (Phi) is 3.09. The summed E-state index contributed by atoms with van der Waals surface area (Å²) < 4.78 is 37.9. The van der Waals surface area contributed by atoms with Gasteiger partial charge in [0.05, 0.1) is 0 Å². The highest BCUT2D eigenvalue weighted by molar-refractivity contribution is 5.96. The molecule has 2 nitrogen and oxygen atoms in total. The van der Waals surface area contributed by atoms with Gasteiger partial charge in [0.1, 0.15) is 5.92 Å². The number of amides is 1. The van der Waals surface area contributed by atoms with Crippen molar-refractivity contribution in [2.45, 2.75) is 19.0 Å². The molecule has 2 rings (SSSR count). The summed E-state index contributed by atoms with van der Waals surface area (Å²) in [6, 6.07) is 8.48. The van der Waals surface area contributed by atoms with Crippen LogP contribution in [0.3, 0.4) is 0 Å². The van der Waals surface area contributed by atoms with Crippen molar-refractivity contribution in [2.75, 3.05) is 11.4 Å².